The molecule has 1 heterocycles. The number of aromatic nitrogens is 1. The second-order valence-corrected chi connectivity index (χ2v) is 3.04. The Hall–Kier alpha value is -1.59. The van der Waals surface area contributed by atoms with Gasteiger partial charge in [-0.25, -0.2) is 18.0 Å². The van der Waals surface area contributed by atoms with Crippen LogP contribution < -0.4 is 0 Å². The molecule has 3 nitrogen and oxygen atoms in total. The molecule has 0 bridgehead atoms. The minimum absolute atomic E-state index is 0.0190. The lowest BCUT2D eigenvalue weighted by Gasteiger charge is -2.09. The van der Waals surface area contributed by atoms with Crippen molar-refractivity contribution in [1.82, 2.24) is 4.98 Å². The molecule has 0 unspecified atom stereocenters. The number of halogens is 3. The molecular formula is C10H10F3NO2. The van der Waals surface area contributed by atoms with Gasteiger partial charge in [0, 0.05) is 11.8 Å². The standard InChI is InChI=1S/C10H10F3NO2/c1-3-16-10(15)6-7(11)5(2)4-14-8(6)9(12)13/h4,9H,3H2,1-2H3. The van der Waals surface area contributed by atoms with E-state index >= 15 is 0 Å². The number of carbonyl (C=O) groups is 1. The van der Waals surface area contributed by atoms with Gasteiger partial charge in [0.2, 0.25) is 0 Å². The number of esters is 1. The summed E-state index contributed by atoms with van der Waals surface area (Å²) < 4.78 is 43.0. The van der Waals surface area contributed by atoms with Crippen LogP contribution in [0.25, 0.3) is 0 Å². The smallest absolute Gasteiger partial charge is 0.343 e. The van der Waals surface area contributed by atoms with Crippen molar-refractivity contribution in [1.29, 1.82) is 0 Å². The van der Waals surface area contributed by atoms with Gasteiger partial charge in [0.25, 0.3) is 6.43 Å². The highest BCUT2D eigenvalue weighted by molar-refractivity contribution is 5.91. The molecule has 0 amide bonds. The van der Waals surface area contributed by atoms with E-state index in [0.717, 1.165) is 6.20 Å². The van der Waals surface area contributed by atoms with Gasteiger partial charge in [0.1, 0.15) is 17.1 Å². The van der Waals surface area contributed by atoms with Crippen LogP contribution in [-0.4, -0.2) is 17.6 Å². The third-order valence-corrected chi connectivity index (χ3v) is 1.91. The lowest BCUT2D eigenvalue weighted by atomic mass is 10.1. The highest BCUT2D eigenvalue weighted by Crippen LogP contribution is 2.24. The molecule has 6 heteroatoms. The number of hydrogen-bond donors (Lipinski definition) is 0. The van der Waals surface area contributed by atoms with Crippen molar-refractivity contribution in [2.24, 2.45) is 0 Å². The summed E-state index contributed by atoms with van der Waals surface area (Å²) in [5.41, 5.74) is -1.65. The highest BCUT2D eigenvalue weighted by Gasteiger charge is 2.26. The predicted molar refractivity (Wildman–Crippen MR) is 49.8 cm³/mol. The third-order valence-electron chi connectivity index (χ3n) is 1.91. The Morgan fingerprint density at radius 1 is 1.56 bits per heavy atom. The number of pyridine rings is 1. The summed E-state index contributed by atoms with van der Waals surface area (Å²) >= 11 is 0. The average molecular weight is 233 g/mol. The van der Waals surface area contributed by atoms with Crippen LogP contribution >= 0.6 is 0 Å². The molecule has 0 fully saturated rings. The molecule has 1 aromatic heterocycles. The first-order valence-electron chi connectivity index (χ1n) is 4.59. The molecule has 0 saturated heterocycles. The van der Waals surface area contributed by atoms with Gasteiger partial charge in [-0.15, -0.1) is 0 Å². The van der Waals surface area contributed by atoms with Crippen molar-refractivity contribution >= 4 is 5.97 Å². The average Bonchev–Trinajstić information content (AvgIpc) is 2.21. The molecule has 1 aromatic rings. The van der Waals surface area contributed by atoms with Gasteiger partial charge in [-0.05, 0) is 13.8 Å². The number of ether oxygens (including phenoxy) is 1. The zero-order valence-electron chi connectivity index (χ0n) is 8.76. The zero-order chi connectivity index (χ0) is 12.3. The van der Waals surface area contributed by atoms with Gasteiger partial charge in [0.15, 0.2) is 0 Å². The van der Waals surface area contributed by atoms with Crippen LogP contribution in [-0.2, 0) is 4.74 Å². The maximum absolute atomic E-state index is 13.5. The van der Waals surface area contributed by atoms with Gasteiger partial charge in [-0.3, -0.25) is 4.98 Å². The second-order valence-electron chi connectivity index (χ2n) is 3.04. The molecule has 0 atom stereocenters. The summed E-state index contributed by atoms with van der Waals surface area (Å²) in [5, 5.41) is 0. The quantitative estimate of drug-likeness (QED) is 0.753. The van der Waals surface area contributed by atoms with Crippen LogP contribution in [0.5, 0.6) is 0 Å². The fourth-order valence-electron chi connectivity index (χ4n) is 1.16. The Morgan fingerprint density at radius 2 is 2.19 bits per heavy atom. The lowest BCUT2D eigenvalue weighted by Crippen LogP contribution is -2.13. The van der Waals surface area contributed by atoms with Gasteiger partial charge in [0.05, 0.1) is 6.61 Å². The van der Waals surface area contributed by atoms with Crippen LogP contribution in [0.1, 0.15) is 35.0 Å². The topological polar surface area (TPSA) is 39.2 Å². The Morgan fingerprint density at radius 3 is 2.69 bits per heavy atom. The number of hydrogen-bond acceptors (Lipinski definition) is 3. The first-order valence-corrected chi connectivity index (χ1v) is 4.59. The molecule has 0 N–H and O–H groups in total. The number of alkyl halides is 2. The van der Waals surface area contributed by atoms with Crippen molar-refractivity contribution in [2.45, 2.75) is 20.3 Å². The number of nitrogens with zero attached hydrogens (tertiary/aromatic N) is 1. The van der Waals surface area contributed by atoms with E-state index in [1.54, 1.807) is 0 Å². The maximum Gasteiger partial charge on any atom is 0.343 e. The molecule has 0 spiro atoms. The van der Waals surface area contributed by atoms with E-state index < -0.39 is 29.5 Å². The molecule has 0 radical (unpaired) electrons. The Labute approximate surface area is 90.2 Å². The Balaban J connectivity index is 3.31. The highest BCUT2D eigenvalue weighted by atomic mass is 19.3. The Kier molecular flexibility index (Phi) is 3.87. The summed E-state index contributed by atoms with van der Waals surface area (Å²) in [5.74, 6) is -2.13. The van der Waals surface area contributed by atoms with E-state index in [-0.39, 0.29) is 12.2 Å². The fraction of sp³-hybridized carbons (Fsp3) is 0.400. The van der Waals surface area contributed by atoms with E-state index in [2.05, 4.69) is 9.72 Å². The van der Waals surface area contributed by atoms with Gasteiger partial charge in [-0.1, -0.05) is 0 Å². The summed E-state index contributed by atoms with van der Waals surface area (Å²) in [6.45, 7) is 2.82. The van der Waals surface area contributed by atoms with Crippen molar-refractivity contribution in [3.63, 3.8) is 0 Å². The minimum atomic E-state index is -3.02. The van der Waals surface area contributed by atoms with Crippen molar-refractivity contribution < 1.29 is 22.7 Å². The van der Waals surface area contributed by atoms with Gasteiger partial charge in [-0.2, -0.15) is 0 Å². The van der Waals surface area contributed by atoms with Gasteiger partial charge < -0.3 is 4.74 Å². The second kappa shape index (κ2) is 4.96. The summed E-state index contributed by atoms with van der Waals surface area (Å²) in [6.07, 6.45) is -2.06. The maximum atomic E-state index is 13.5. The summed E-state index contributed by atoms with van der Waals surface area (Å²) in [4.78, 5) is 14.7. The van der Waals surface area contributed by atoms with E-state index in [1.807, 2.05) is 0 Å². The van der Waals surface area contributed by atoms with Crippen molar-refractivity contribution in [3.8, 4) is 0 Å². The number of aryl methyl sites for hydroxylation is 1. The van der Waals surface area contributed by atoms with Crippen LogP contribution in [0.2, 0.25) is 0 Å². The number of carbonyl (C=O) groups excluding carboxylic acids is 1. The van der Waals surface area contributed by atoms with Crippen LogP contribution in [0.4, 0.5) is 13.2 Å². The fourth-order valence-corrected chi connectivity index (χ4v) is 1.16. The molecule has 88 valence electrons. The molecule has 0 aromatic carbocycles. The molecule has 0 aliphatic heterocycles. The molecule has 0 saturated carbocycles. The van der Waals surface area contributed by atoms with E-state index in [0.29, 0.717) is 0 Å². The molecular weight excluding hydrogens is 223 g/mol. The van der Waals surface area contributed by atoms with Crippen molar-refractivity contribution in [2.75, 3.05) is 6.61 Å². The monoisotopic (exact) mass is 233 g/mol. The molecule has 0 aliphatic rings. The minimum Gasteiger partial charge on any atom is -0.462 e. The van der Waals surface area contributed by atoms with E-state index in [4.69, 9.17) is 0 Å². The normalized spacial score (nSPS) is 10.6. The van der Waals surface area contributed by atoms with E-state index in [1.165, 1.54) is 13.8 Å². The SMILES string of the molecule is CCOC(=O)c1c(C(F)F)ncc(C)c1F. The van der Waals surface area contributed by atoms with Crippen LogP contribution in [0, 0.1) is 12.7 Å². The summed E-state index contributed by atoms with van der Waals surface area (Å²) in [6, 6.07) is 0. The molecule has 1 rings (SSSR count). The van der Waals surface area contributed by atoms with Gasteiger partial charge >= 0.3 is 5.97 Å². The zero-order valence-corrected chi connectivity index (χ0v) is 8.76. The van der Waals surface area contributed by atoms with Crippen molar-refractivity contribution in [3.05, 3.63) is 28.8 Å². The first kappa shape index (κ1) is 12.5. The molecule has 0 aliphatic carbocycles. The van der Waals surface area contributed by atoms with Crippen LogP contribution in [0.3, 0.4) is 0 Å². The summed E-state index contributed by atoms with van der Waals surface area (Å²) in [7, 11) is 0. The Bertz CT molecular complexity index is 407. The van der Waals surface area contributed by atoms with E-state index in [9.17, 15) is 18.0 Å². The van der Waals surface area contributed by atoms with Crippen LogP contribution in [0.15, 0.2) is 6.20 Å². The lowest BCUT2D eigenvalue weighted by molar-refractivity contribution is 0.0506. The third kappa shape index (κ3) is 2.32. The largest absolute Gasteiger partial charge is 0.462 e. The predicted octanol–water partition coefficient (Wildman–Crippen LogP) is 2.64. The first-order chi connectivity index (χ1) is 7.49. The molecule has 16 heavy (non-hydrogen) atoms. The number of rotatable bonds is 3.